The predicted molar refractivity (Wildman–Crippen MR) is 131 cm³/mol. The lowest BCUT2D eigenvalue weighted by Gasteiger charge is -2.34. The zero-order valence-electron chi connectivity index (χ0n) is 21.7. The molecule has 1 aliphatic carbocycles. The fourth-order valence-electron chi connectivity index (χ4n) is 3.84. The van der Waals surface area contributed by atoms with Gasteiger partial charge in [-0.15, -0.1) is 0 Å². The first-order valence-corrected chi connectivity index (χ1v) is 11.7. The van der Waals surface area contributed by atoms with Crippen LogP contribution in [-0.4, -0.2) is 66.0 Å². The standard InChI is InChI=1S/C25H36N4O7/c1-14-9-15(2)11-16(10-14)21(22(32)27-13-20(31)35-6)29(17-7-8-17)23(33)18(12-19(26)30)28-24(34)36-25(3,4)5/h9-11,17-18,21H,7-8,12-13H2,1-6H3,(H2,26,30)(H,27,32)(H,28,34). The number of nitrogens with one attached hydrogen (secondary N) is 2. The van der Waals surface area contributed by atoms with Crippen LogP contribution in [0.25, 0.3) is 0 Å². The normalized spacial score (nSPS) is 14.7. The van der Waals surface area contributed by atoms with Crippen LogP contribution in [0.3, 0.4) is 0 Å². The van der Waals surface area contributed by atoms with Crippen molar-refractivity contribution in [3.8, 4) is 0 Å². The minimum Gasteiger partial charge on any atom is -0.468 e. The van der Waals surface area contributed by atoms with E-state index in [0.717, 1.165) is 11.1 Å². The number of benzene rings is 1. The lowest BCUT2D eigenvalue weighted by atomic mass is 9.98. The van der Waals surface area contributed by atoms with E-state index < -0.39 is 53.9 Å². The first-order chi connectivity index (χ1) is 16.7. The number of esters is 1. The Hall–Kier alpha value is -3.63. The van der Waals surface area contributed by atoms with Crippen molar-refractivity contribution < 1.29 is 33.4 Å². The largest absolute Gasteiger partial charge is 0.468 e. The molecule has 11 heteroatoms. The van der Waals surface area contributed by atoms with Gasteiger partial charge in [0.25, 0.3) is 0 Å². The zero-order chi connectivity index (χ0) is 27.2. The molecule has 2 atom stereocenters. The molecule has 0 radical (unpaired) electrons. The van der Waals surface area contributed by atoms with Gasteiger partial charge < -0.3 is 30.7 Å². The molecule has 2 unspecified atom stereocenters. The number of hydrogen-bond acceptors (Lipinski definition) is 7. The van der Waals surface area contributed by atoms with Crippen molar-refractivity contribution in [3.63, 3.8) is 0 Å². The van der Waals surface area contributed by atoms with Gasteiger partial charge >= 0.3 is 12.1 Å². The van der Waals surface area contributed by atoms with Crippen molar-refractivity contribution in [1.82, 2.24) is 15.5 Å². The van der Waals surface area contributed by atoms with Crippen LogP contribution in [0.15, 0.2) is 18.2 Å². The summed E-state index contributed by atoms with van der Waals surface area (Å²) in [5.41, 5.74) is 6.82. The van der Waals surface area contributed by atoms with Gasteiger partial charge in [0.15, 0.2) is 0 Å². The second-order valence-electron chi connectivity index (χ2n) is 9.96. The summed E-state index contributed by atoms with van der Waals surface area (Å²) in [5.74, 6) is -2.71. The SMILES string of the molecule is COC(=O)CNC(=O)C(c1cc(C)cc(C)c1)N(C(=O)C(CC(N)=O)NC(=O)OC(C)(C)C)C1CC1. The van der Waals surface area contributed by atoms with Crippen LogP contribution in [0.2, 0.25) is 0 Å². The number of nitrogens with zero attached hydrogens (tertiary/aromatic N) is 1. The third-order valence-electron chi connectivity index (χ3n) is 5.31. The van der Waals surface area contributed by atoms with Crippen LogP contribution in [0.4, 0.5) is 4.79 Å². The summed E-state index contributed by atoms with van der Waals surface area (Å²) in [6.07, 6.45) is -0.110. The number of carbonyl (C=O) groups excluding carboxylic acids is 5. The molecule has 1 saturated carbocycles. The summed E-state index contributed by atoms with van der Waals surface area (Å²) in [6.45, 7) is 8.33. The molecule has 2 rings (SSSR count). The molecule has 1 fully saturated rings. The van der Waals surface area contributed by atoms with Gasteiger partial charge in [-0.05, 0) is 53.0 Å². The van der Waals surface area contributed by atoms with E-state index in [4.69, 9.17) is 10.5 Å². The van der Waals surface area contributed by atoms with Crippen LogP contribution in [0, 0.1) is 13.8 Å². The quantitative estimate of drug-likeness (QED) is 0.406. The Morgan fingerprint density at radius 1 is 1.08 bits per heavy atom. The van der Waals surface area contributed by atoms with Gasteiger partial charge in [-0.2, -0.15) is 0 Å². The number of ether oxygens (including phenoxy) is 2. The van der Waals surface area contributed by atoms with E-state index in [0.29, 0.717) is 18.4 Å². The number of primary amides is 1. The van der Waals surface area contributed by atoms with E-state index in [1.165, 1.54) is 12.0 Å². The van der Waals surface area contributed by atoms with E-state index in [2.05, 4.69) is 15.4 Å². The number of carbonyl (C=O) groups is 5. The zero-order valence-corrected chi connectivity index (χ0v) is 21.7. The highest BCUT2D eigenvalue weighted by atomic mass is 16.6. The Morgan fingerprint density at radius 3 is 2.14 bits per heavy atom. The molecule has 1 aromatic carbocycles. The van der Waals surface area contributed by atoms with Crippen molar-refractivity contribution >= 4 is 29.8 Å². The van der Waals surface area contributed by atoms with Crippen LogP contribution in [-0.2, 0) is 28.7 Å². The smallest absolute Gasteiger partial charge is 0.408 e. The van der Waals surface area contributed by atoms with Crippen molar-refractivity contribution in [2.75, 3.05) is 13.7 Å². The van der Waals surface area contributed by atoms with E-state index in [-0.39, 0.29) is 12.6 Å². The van der Waals surface area contributed by atoms with E-state index >= 15 is 0 Å². The van der Waals surface area contributed by atoms with Crippen LogP contribution in [0.1, 0.15) is 62.8 Å². The first-order valence-electron chi connectivity index (χ1n) is 11.7. The maximum atomic E-state index is 13.8. The molecule has 11 nitrogen and oxygen atoms in total. The molecule has 198 valence electrons. The molecule has 1 aromatic rings. The van der Waals surface area contributed by atoms with E-state index in [9.17, 15) is 24.0 Å². The average molecular weight is 505 g/mol. The molecule has 36 heavy (non-hydrogen) atoms. The number of nitrogens with two attached hydrogens (primary N) is 1. The average Bonchev–Trinajstić information content (AvgIpc) is 3.57. The van der Waals surface area contributed by atoms with Gasteiger partial charge in [-0.25, -0.2) is 4.79 Å². The number of amides is 4. The molecule has 0 aliphatic heterocycles. The summed E-state index contributed by atoms with van der Waals surface area (Å²) < 4.78 is 9.86. The molecule has 1 aliphatic rings. The summed E-state index contributed by atoms with van der Waals surface area (Å²) in [5, 5.41) is 4.97. The Labute approximate surface area is 211 Å². The van der Waals surface area contributed by atoms with Crippen LogP contribution >= 0.6 is 0 Å². The van der Waals surface area contributed by atoms with Gasteiger partial charge in [0.1, 0.15) is 24.2 Å². The lowest BCUT2D eigenvalue weighted by Crippen LogP contribution is -2.55. The highest BCUT2D eigenvalue weighted by molar-refractivity contribution is 5.95. The highest BCUT2D eigenvalue weighted by Gasteiger charge is 2.44. The Morgan fingerprint density at radius 2 is 1.67 bits per heavy atom. The number of alkyl carbamates (subject to hydrolysis) is 1. The van der Waals surface area contributed by atoms with Crippen LogP contribution in [0.5, 0.6) is 0 Å². The molecular formula is C25H36N4O7. The van der Waals surface area contributed by atoms with Gasteiger partial charge in [0.05, 0.1) is 13.5 Å². The van der Waals surface area contributed by atoms with Gasteiger partial charge in [0, 0.05) is 6.04 Å². The lowest BCUT2D eigenvalue weighted by molar-refractivity contribution is -0.145. The number of aryl methyl sites for hydroxylation is 2. The second kappa shape index (κ2) is 11.9. The minimum absolute atomic E-state index is 0.303. The molecule has 0 bridgehead atoms. The fraction of sp³-hybridized carbons (Fsp3) is 0.560. The first kappa shape index (κ1) is 28.6. The van der Waals surface area contributed by atoms with Gasteiger partial charge in [-0.1, -0.05) is 29.3 Å². The predicted octanol–water partition coefficient (Wildman–Crippen LogP) is 1.39. The van der Waals surface area contributed by atoms with Crippen LogP contribution < -0.4 is 16.4 Å². The summed E-state index contributed by atoms with van der Waals surface area (Å²) >= 11 is 0. The molecular weight excluding hydrogens is 468 g/mol. The Kier molecular flexibility index (Phi) is 9.43. The van der Waals surface area contributed by atoms with Gasteiger partial charge in [-0.3, -0.25) is 19.2 Å². The van der Waals surface area contributed by atoms with E-state index in [1.54, 1.807) is 32.9 Å². The summed E-state index contributed by atoms with van der Waals surface area (Å²) in [6, 6.07) is 2.72. The Balaban J connectivity index is 2.48. The molecule has 0 heterocycles. The number of rotatable bonds is 10. The molecule has 0 spiro atoms. The fourth-order valence-corrected chi connectivity index (χ4v) is 3.84. The third-order valence-corrected chi connectivity index (χ3v) is 5.31. The summed E-state index contributed by atoms with van der Waals surface area (Å²) in [4.78, 5) is 64.5. The van der Waals surface area contributed by atoms with Crippen molar-refractivity contribution in [1.29, 1.82) is 0 Å². The topological polar surface area (TPSA) is 157 Å². The highest BCUT2D eigenvalue weighted by Crippen LogP contribution is 2.36. The monoisotopic (exact) mass is 504 g/mol. The van der Waals surface area contributed by atoms with Crippen molar-refractivity contribution in [2.24, 2.45) is 5.73 Å². The maximum Gasteiger partial charge on any atom is 0.408 e. The number of methoxy groups -OCH3 is 1. The maximum absolute atomic E-state index is 13.8. The summed E-state index contributed by atoms with van der Waals surface area (Å²) in [7, 11) is 1.20. The van der Waals surface area contributed by atoms with E-state index in [1.807, 2.05) is 19.9 Å². The molecule has 4 N–H and O–H groups in total. The number of hydrogen-bond donors (Lipinski definition) is 3. The third kappa shape index (κ3) is 8.54. The second-order valence-corrected chi connectivity index (χ2v) is 9.96. The molecule has 0 saturated heterocycles. The Bertz CT molecular complexity index is 994. The minimum atomic E-state index is -1.35. The van der Waals surface area contributed by atoms with Gasteiger partial charge in [0.2, 0.25) is 17.7 Å². The molecule has 4 amide bonds. The molecule has 0 aromatic heterocycles. The van der Waals surface area contributed by atoms with Crippen molar-refractivity contribution in [3.05, 3.63) is 34.9 Å². The van der Waals surface area contributed by atoms with Crippen molar-refractivity contribution in [2.45, 2.75) is 77.6 Å².